The predicted octanol–water partition coefficient (Wildman–Crippen LogP) is 1.78. The van der Waals surface area contributed by atoms with Gasteiger partial charge in [-0.2, -0.15) is 5.10 Å². The Morgan fingerprint density at radius 3 is 2.89 bits per heavy atom. The molecule has 1 N–H and O–H groups in total. The van der Waals surface area contributed by atoms with Crippen LogP contribution in [-0.2, 0) is 17.9 Å². The first-order valence-corrected chi connectivity index (χ1v) is 8.92. The summed E-state index contributed by atoms with van der Waals surface area (Å²) in [5.74, 6) is 0.893. The first kappa shape index (κ1) is 17.2. The Morgan fingerprint density at radius 1 is 1.15 bits per heavy atom. The van der Waals surface area contributed by atoms with Gasteiger partial charge in [-0.05, 0) is 17.7 Å². The molecule has 4 rings (SSSR count). The molecule has 0 unspecified atom stereocenters. The number of carbonyl (C=O) groups excluding carboxylic acids is 1. The minimum Gasteiger partial charge on any atom is -0.492 e. The Hall–Kier alpha value is -3.19. The number of fused-ring (bicyclic) bond motifs is 1. The lowest BCUT2D eigenvalue weighted by Crippen LogP contribution is -2.37. The summed E-state index contributed by atoms with van der Waals surface area (Å²) in [7, 11) is 0. The zero-order valence-corrected chi connectivity index (χ0v) is 14.9. The molecule has 3 aromatic rings. The van der Waals surface area contributed by atoms with Gasteiger partial charge >= 0.3 is 0 Å². The van der Waals surface area contributed by atoms with Crippen molar-refractivity contribution in [3.8, 4) is 11.4 Å². The number of nitrogens with zero attached hydrogens (tertiary/aromatic N) is 4. The standard InChI is InChI=1S/C20H21N5O2/c26-20(13-24-9-10-27-19-8-4-2-6-17(19)12-24)22-11-16-5-1-3-7-18(16)25-15-21-14-23-25/h1-8,14-15H,9-13H2,(H,22,26). The van der Waals surface area contributed by atoms with Crippen LogP contribution in [0, 0.1) is 0 Å². The van der Waals surface area contributed by atoms with E-state index in [1.807, 2.05) is 48.5 Å². The number of para-hydroxylation sites is 2. The molecule has 1 aromatic heterocycles. The van der Waals surface area contributed by atoms with E-state index in [2.05, 4.69) is 20.3 Å². The highest BCUT2D eigenvalue weighted by Crippen LogP contribution is 2.22. The molecule has 27 heavy (non-hydrogen) atoms. The quantitative estimate of drug-likeness (QED) is 0.748. The lowest BCUT2D eigenvalue weighted by molar-refractivity contribution is -0.122. The van der Waals surface area contributed by atoms with Crippen molar-refractivity contribution in [1.82, 2.24) is 25.0 Å². The van der Waals surface area contributed by atoms with Gasteiger partial charge < -0.3 is 10.1 Å². The van der Waals surface area contributed by atoms with Crippen LogP contribution in [0.15, 0.2) is 61.2 Å². The number of benzene rings is 2. The van der Waals surface area contributed by atoms with Crippen LogP contribution in [0.5, 0.6) is 5.75 Å². The van der Waals surface area contributed by atoms with Crippen molar-refractivity contribution in [2.75, 3.05) is 19.7 Å². The zero-order chi connectivity index (χ0) is 18.5. The van der Waals surface area contributed by atoms with Crippen molar-refractivity contribution < 1.29 is 9.53 Å². The van der Waals surface area contributed by atoms with E-state index in [4.69, 9.17) is 4.74 Å². The van der Waals surface area contributed by atoms with Gasteiger partial charge in [0.15, 0.2) is 0 Å². The molecule has 1 aliphatic rings. The molecule has 0 fully saturated rings. The van der Waals surface area contributed by atoms with E-state index in [0.717, 1.165) is 29.1 Å². The van der Waals surface area contributed by atoms with Gasteiger partial charge in [-0.1, -0.05) is 36.4 Å². The van der Waals surface area contributed by atoms with Crippen LogP contribution < -0.4 is 10.1 Å². The van der Waals surface area contributed by atoms with Gasteiger partial charge in [-0.25, -0.2) is 9.67 Å². The van der Waals surface area contributed by atoms with Crippen LogP contribution >= 0.6 is 0 Å². The molecular formula is C20H21N5O2. The summed E-state index contributed by atoms with van der Waals surface area (Å²) in [4.78, 5) is 18.6. The Morgan fingerprint density at radius 2 is 2.00 bits per heavy atom. The third-order valence-electron chi connectivity index (χ3n) is 4.53. The van der Waals surface area contributed by atoms with Crippen LogP contribution in [0.1, 0.15) is 11.1 Å². The summed E-state index contributed by atoms with van der Waals surface area (Å²) in [6.07, 6.45) is 3.14. The van der Waals surface area contributed by atoms with Crippen molar-refractivity contribution in [2.24, 2.45) is 0 Å². The molecule has 138 valence electrons. The van der Waals surface area contributed by atoms with Gasteiger partial charge in [0.1, 0.15) is 25.0 Å². The molecule has 7 heteroatoms. The number of ether oxygens (including phenoxy) is 1. The highest BCUT2D eigenvalue weighted by Gasteiger charge is 2.17. The average Bonchev–Trinajstić information content (AvgIpc) is 3.15. The second kappa shape index (κ2) is 8.01. The van der Waals surface area contributed by atoms with E-state index < -0.39 is 0 Å². The number of rotatable bonds is 5. The molecule has 1 amide bonds. The maximum Gasteiger partial charge on any atom is 0.234 e. The minimum absolute atomic E-state index is 0.0113. The molecule has 2 heterocycles. The molecule has 0 saturated carbocycles. The second-order valence-electron chi connectivity index (χ2n) is 6.41. The summed E-state index contributed by atoms with van der Waals surface area (Å²) in [6.45, 7) is 2.79. The first-order chi connectivity index (χ1) is 13.3. The summed E-state index contributed by atoms with van der Waals surface area (Å²) >= 11 is 0. The average molecular weight is 363 g/mol. The molecule has 0 saturated heterocycles. The zero-order valence-electron chi connectivity index (χ0n) is 14.9. The van der Waals surface area contributed by atoms with Crippen molar-refractivity contribution in [2.45, 2.75) is 13.1 Å². The molecule has 0 bridgehead atoms. The van der Waals surface area contributed by atoms with Crippen molar-refractivity contribution in [3.63, 3.8) is 0 Å². The summed E-state index contributed by atoms with van der Waals surface area (Å²) in [5.41, 5.74) is 3.01. The van der Waals surface area contributed by atoms with Crippen molar-refractivity contribution in [3.05, 3.63) is 72.3 Å². The largest absolute Gasteiger partial charge is 0.492 e. The van der Waals surface area contributed by atoms with Crippen LogP contribution in [0.4, 0.5) is 0 Å². The molecule has 1 aliphatic heterocycles. The monoisotopic (exact) mass is 363 g/mol. The molecule has 0 radical (unpaired) electrons. The van der Waals surface area contributed by atoms with Gasteiger partial charge in [0.25, 0.3) is 0 Å². The van der Waals surface area contributed by atoms with E-state index >= 15 is 0 Å². The number of aromatic nitrogens is 3. The van der Waals surface area contributed by atoms with Crippen LogP contribution in [0.2, 0.25) is 0 Å². The number of carbonyl (C=O) groups is 1. The Bertz CT molecular complexity index is 910. The molecule has 0 aliphatic carbocycles. The normalized spacial score (nSPS) is 14.1. The minimum atomic E-state index is -0.0113. The second-order valence-corrected chi connectivity index (χ2v) is 6.41. The fraction of sp³-hybridized carbons (Fsp3) is 0.250. The molecule has 7 nitrogen and oxygen atoms in total. The Kier molecular flexibility index (Phi) is 5.11. The van der Waals surface area contributed by atoms with Gasteiger partial charge in [-0.15, -0.1) is 0 Å². The third kappa shape index (κ3) is 4.15. The van der Waals surface area contributed by atoms with Gasteiger partial charge in [0, 0.05) is 25.2 Å². The first-order valence-electron chi connectivity index (χ1n) is 8.92. The molecule has 0 spiro atoms. The third-order valence-corrected chi connectivity index (χ3v) is 4.53. The lowest BCUT2D eigenvalue weighted by atomic mass is 10.1. The number of amides is 1. The van der Waals surface area contributed by atoms with E-state index in [1.54, 1.807) is 11.0 Å². The predicted molar refractivity (Wildman–Crippen MR) is 100 cm³/mol. The van der Waals surface area contributed by atoms with E-state index in [9.17, 15) is 4.79 Å². The Balaban J connectivity index is 1.37. The fourth-order valence-electron chi connectivity index (χ4n) is 3.18. The van der Waals surface area contributed by atoms with E-state index in [-0.39, 0.29) is 5.91 Å². The maximum absolute atomic E-state index is 12.5. The topological polar surface area (TPSA) is 72.3 Å². The SMILES string of the molecule is O=C(CN1CCOc2ccccc2C1)NCc1ccccc1-n1cncn1. The summed E-state index contributed by atoms with van der Waals surface area (Å²) < 4.78 is 7.46. The van der Waals surface area contributed by atoms with Gasteiger partial charge in [0.2, 0.25) is 5.91 Å². The van der Waals surface area contributed by atoms with Crippen LogP contribution in [0.25, 0.3) is 5.69 Å². The van der Waals surface area contributed by atoms with E-state index in [0.29, 0.717) is 26.2 Å². The highest BCUT2D eigenvalue weighted by molar-refractivity contribution is 5.78. The van der Waals surface area contributed by atoms with Gasteiger partial charge in [-0.3, -0.25) is 9.69 Å². The van der Waals surface area contributed by atoms with Crippen molar-refractivity contribution in [1.29, 1.82) is 0 Å². The number of hydrogen-bond acceptors (Lipinski definition) is 5. The Labute approximate surface area is 157 Å². The number of hydrogen-bond donors (Lipinski definition) is 1. The summed E-state index contributed by atoms with van der Waals surface area (Å²) in [5, 5.41) is 7.18. The van der Waals surface area contributed by atoms with Crippen LogP contribution in [-0.4, -0.2) is 45.3 Å². The maximum atomic E-state index is 12.5. The number of nitrogens with one attached hydrogen (secondary N) is 1. The highest BCUT2D eigenvalue weighted by atomic mass is 16.5. The van der Waals surface area contributed by atoms with Crippen LogP contribution in [0.3, 0.4) is 0 Å². The lowest BCUT2D eigenvalue weighted by Gasteiger charge is -2.19. The van der Waals surface area contributed by atoms with Gasteiger partial charge in [0.05, 0.1) is 12.2 Å². The smallest absolute Gasteiger partial charge is 0.234 e. The molecule has 2 aromatic carbocycles. The molecular weight excluding hydrogens is 342 g/mol. The molecule has 0 atom stereocenters. The summed E-state index contributed by atoms with van der Waals surface area (Å²) in [6, 6.07) is 15.8. The van der Waals surface area contributed by atoms with Crippen molar-refractivity contribution >= 4 is 5.91 Å². The van der Waals surface area contributed by atoms with E-state index in [1.165, 1.54) is 6.33 Å². The fourth-order valence-corrected chi connectivity index (χ4v) is 3.18.